The van der Waals surface area contributed by atoms with Crippen LogP contribution in [0.3, 0.4) is 0 Å². The van der Waals surface area contributed by atoms with E-state index in [-0.39, 0.29) is 16.8 Å². The Hall–Kier alpha value is -2.54. The van der Waals surface area contributed by atoms with Gasteiger partial charge in [-0.15, -0.1) is 0 Å². The molecule has 1 aliphatic heterocycles. The van der Waals surface area contributed by atoms with Crippen LogP contribution in [-0.2, 0) is 11.3 Å². The predicted molar refractivity (Wildman–Crippen MR) is 92.4 cm³/mol. The third-order valence-electron chi connectivity index (χ3n) is 3.77. The molecule has 1 aliphatic rings. The molecule has 7 heteroatoms. The summed E-state index contributed by atoms with van der Waals surface area (Å²) in [6.45, 7) is 1.23. The molecule has 0 spiro atoms. The van der Waals surface area contributed by atoms with E-state index >= 15 is 0 Å². The van der Waals surface area contributed by atoms with Crippen LogP contribution in [0.5, 0.6) is 11.5 Å². The van der Waals surface area contributed by atoms with Crippen molar-refractivity contribution in [2.45, 2.75) is 18.2 Å². The summed E-state index contributed by atoms with van der Waals surface area (Å²) in [7, 11) is 0. The summed E-state index contributed by atoms with van der Waals surface area (Å²) in [5.41, 5.74) is 1.04. The minimum absolute atomic E-state index is 0.0236. The molecular formula is C17H16N2O4S. The molecule has 1 heterocycles. The largest absolute Gasteiger partial charge is 0.457 e. The number of nitrogens with zero attached hydrogens (tertiary/aromatic N) is 2. The van der Waals surface area contributed by atoms with Gasteiger partial charge in [-0.1, -0.05) is 12.1 Å². The van der Waals surface area contributed by atoms with Crippen molar-refractivity contribution in [2.24, 2.45) is 0 Å². The van der Waals surface area contributed by atoms with Crippen LogP contribution in [0.4, 0.5) is 5.69 Å². The highest BCUT2D eigenvalue weighted by Gasteiger charge is 2.26. The molecule has 1 amide bonds. The Bertz CT molecular complexity index is 746. The van der Waals surface area contributed by atoms with E-state index in [9.17, 15) is 14.9 Å². The lowest BCUT2D eigenvalue weighted by Gasteiger charge is -2.16. The average Bonchev–Trinajstić information content (AvgIpc) is 2.87. The van der Waals surface area contributed by atoms with Crippen LogP contribution >= 0.6 is 12.6 Å². The third kappa shape index (κ3) is 3.86. The maximum absolute atomic E-state index is 11.8. The van der Waals surface area contributed by atoms with Gasteiger partial charge in [0.2, 0.25) is 5.91 Å². The minimum Gasteiger partial charge on any atom is -0.457 e. The fourth-order valence-electron chi connectivity index (χ4n) is 2.56. The number of benzene rings is 2. The zero-order valence-corrected chi connectivity index (χ0v) is 13.7. The molecule has 1 fully saturated rings. The van der Waals surface area contributed by atoms with Crippen LogP contribution < -0.4 is 4.74 Å². The lowest BCUT2D eigenvalue weighted by Crippen LogP contribution is -2.24. The van der Waals surface area contributed by atoms with Crippen LogP contribution in [0.1, 0.15) is 12.0 Å². The van der Waals surface area contributed by atoms with E-state index in [1.54, 1.807) is 17.0 Å². The molecule has 0 aromatic heterocycles. The Labute approximate surface area is 144 Å². The Morgan fingerprint density at radius 2 is 1.71 bits per heavy atom. The molecular weight excluding hydrogens is 328 g/mol. The second-order valence-electron chi connectivity index (χ2n) is 5.63. The van der Waals surface area contributed by atoms with Crippen molar-refractivity contribution in [2.75, 3.05) is 6.54 Å². The van der Waals surface area contributed by atoms with Gasteiger partial charge < -0.3 is 9.64 Å². The highest BCUT2D eigenvalue weighted by atomic mass is 32.1. The summed E-state index contributed by atoms with van der Waals surface area (Å²) in [4.78, 5) is 23.7. The quantitative estimate of drug-likeness (QED) is 0.512. The molecule has 0 saturated carbocycles. The van der Waals surface area contributed by atoms with Gasteiger partial charge in [0.05, 0.1) is 4.92 Å². The molecule has 1 unspecified atom stereocenters. The van der Waals surface area contributed by atoms with Crippen molar-refractivity contribution >= 4 is 24.2 Å². The van der Waals surface area contributed by atoms with Crippen molar-refractivity contribution in [3.63, 3.8) is 0 Å². The van der Waals surface area contributed by atoms with Crippen molar-refractivity contribution in [3.8, 4) is 11.5 Å². The van der Waals surface area contributed by atoms with Gasteiger partial charge in [0.25, 0.3) is 5.69 Å². The molecule has 1 saturated heterocycles. The van der Waals surface area contributed by atoms with Gasteiger partial charge in [-0.3, -0.25) is 14.9 Å². The lowest BCUT2D eigenvalue weighted by molar-refractivity contribution is -0.384. The van der Waals surface area contributed by atoms with Crippen LogP contribution in [0, 0.1) is 10.1 Å². The first-order valence-corrected chi connectivity index (χ1v) is 8.00. The summed E-state index contributed by atoms with van der Waals surface area (Å²) in [5, 5.41) is 10.7. The molecule has 0 aliphatic carbocycles. The number of hydrogen-bond acceptors (Lipinski definition) is 5. The molecule has 0 radical (unpaired) electrons. The number of carbonyl (C=O) groups excluding carboxylic acids is 1. The van der Waals surface area contributed by atoms with E-state index in [0.29, 0.717) is 31.0 Å². The Balaban J connectivity index is 1.62. The van der Waals surface area contributed by atoms with Gasteiger partial charge in [-0.25, -0.2) is 0 Å². The molecule has 1 atom stereocenters. The SMILES string of the molecule is O=C1CC(S)CN1Cc1ccc(Oc2ccc([N+](=O)[O-])cc2)cc1. The maximum atomic E-state index is 11.8. The molecule has 24 heavy (non-hydrogen) atoms. The summed E-state index contributed by atoms with van der Waals surface area (Å²) >= 11 is 4.34. The fourth-order valence-corrected chi connectivity index (χ4v) is 2.91. The Kier molecular flexibility index (Phi) is 4.71. The van der Waals surface area contributed by atoms with Crippen molar-refractivity contribution < 1.29 is 14.5 Å². The zero-order valence-electron chi connectivity index (χ0n) is 12.8. The van der Waals surface area contributed by atoms with Gasteiger partial charge in [-0.05, 0) is 29.8 Å². The smallest absolute Gasteiger partial charge is 0.269 e. The Morgan fingerprint density at radius 3 is 2.21 bits per heavy atom. The number of ether oxygens (including phenoxy) is 1. The van der Waals surface area contributed by atoms with E-state index in [2.05, 4.69) is 12.6 Å². The molecule has 3 rings (SSSR count). The van der Waals surface area contributed by atoms with E-state index in [4.69, 9.17) is 4.74 Å². The monoisotopic (exact) mass is 344 g/mol. The number of nitro benzene ring substituents is 1. The number of non-ortho nitro benzene ring substituents is 1. The number of nitro groups is 1. The summed E-state index contributed by atoms with van der Waals surface area (Å²) < 4.78 is 5.66. The van der Waals surface area contributed by atoms with Gasteiger partial charge in [0, 0.05) is 36.9 Å². The number of carbonyl (C=O) groups is 1. The van der Waals surface area contributed by atoms with E-state index in [0.717, 1.165) is 5.56 Å². The van der Waals surface area contributed by atoms with Crippen LogP contribution in [0.2, 0.25) is 0 Å². The number of hydrogen-bond donors (Lipinski definition) is 1. The van der Waals surface area contributed by atoms with Crippen LogP contribution in [0.15, 0.2) is 48.5 Å². The number of amides is 1. The molecule has 2 aromatic carbocycles. The first-order chi connectivity index (χ1) is 11.5. The second-order valence-corrected chi connectivity index (χ2v) is 6.36. The average molecular weight is 344 g/mol. The standard InChI is InChI=1S/C17H16N2O4S/c20-17-9-16(24)11-18(17)10-12-1-5-14(6-2-12)23-15-7-3-13(4-8-15)19(21)22/h1-8,16,24H,9-11H2. The molecule has 6 nitrogen and oxygen atoms in total. The highest BCUT2D eigenvalue weighted by Crippen LogP contribution is 2.25. The summed E-state index contributed by atoms with van der Waals surface area (Å²) in [6, 6.07) is 13.3. The second kappa shape index (κ2) is 6.92. The molecule has 2 aromatic rings. The molecule has 0 bridgehead atoms. The zero-order chi connectivity index (χ0) is 17.1. The lowest BCUT2D eigenvalue weighted by atomic mass is 10.2. The molecule has 0 N–H and O–H groups in total. The normalized spacial score (nSPS) is 17.1. The molecule has 124 valence electrons. The summed E-state index contributed by atoms with van der Waals surface area (Å²) in [6.07, 6.45) is 0.491. The summed E-state index contributed by atoms with van der Waals surface area (Å²) in [5.74, 6) is 1.29. The topological polar surface area (TPSA) is 72.7 Å². The fraction of sp³-hybridized carbons (Fsp3) is 0.235. The van der Waals surface area contributed by atoms with Gasteiger partial charge in [0.15, 0.2) is 0 Å². The van der Waals surface area contributed by atoms with Crippen LogP contribution in [-0.4, -0.2) is 27.5 Å². The minimum atomic E-state index is -0.451. The Morgan fingerprint density at radius 1 is 1.12 bits per heavy atom. The number of likely N-dealkylation sites (tertiary alicyclic amines) is 1. The van der Waals surface area contributed by atoms with E-state index < -0.39 is 4.92 Å². The van der Waals surface area contributed by atoms with Gasteiger partial charge in [0.1, 0.15) is 11.5 Å². The third-order valence-corrected chi connectivity index (χ3v) is 4.12. The van der Waals surface area contributed by atoms with Crippen molar-refractivity contribution in [1.29, 1.82) is 0 Å². The predicted octanol–water partition coefficient (Wildman–Crippen LogP) is 3.42. The number of rotatable bonds is 5. The first kappa shape index (κ1) is 16.3. The maximum Gasteiger partial charge on any atom is 0.269 e. The number of thiol groups is 1. The van der Waals surface area contributed by atoms with Crippen LogP contribution in [0.25, 0.3) is 0 Å². The van der Waals surface area contributed by atoms with Crippen molar-refractivity contribution in [3.05, 3.63) is 64.2 Å². The van der Waals surface area contributed by atoms with Crippen molar-refractivity contribution in [1.82, 2.24) is 4.90 Å². The first-order valence-electron chi connectivity index (χ1n) is 7.48. The highest BCUT2D eigenvalue weighted by molar-refractivity contribution is 7.81. The van der Waals surface area contributed by atoms with Gasteiger partial charge >= 0.3 is 0 Å². The van der Waals surface area contributed by atoms with Gasteiger partial charge in [-0.2, -0.15) is 12.6 Å². The van der Waals surface area contributed by atoms with E-state index in [1.165, 1.54) is 12.1 Å². The van der Waals surface area contributed by atoms with E-state index in [1.807, 2.05) is 24.3 Å².